The summed E-state index contributed by atoms with van der Waals surface area (Å²) in [6.07, 6.45) is 2.94. The summed E-state index contributed by atoms with van der Waals surface area (Å²) in [5, 5.41) is 3.57. The van der Waals surface area contributed by atoms with Gasteiger partial charge in [0, 0.05) is 5.56 Å². The molecule has 0 amide bonds. The number of hydrogen-bond acceptors (Lipinski definition) is 3. The molecule has 0 radical (unpaired) electrons. The highest BCUT2D eigenvalue weighted by Crippen LogP contribution is 2.38. The molecule has 1 unspecified atom stereocenters. The van der Waals surface area contributed by atoms with E-state index in [1.807, 2.05) is 13.2 Å². The Morgan fingerprint density at radius 1 is 1.39 bits per heavy atom. The molecular weight excluding hydrogens is 378 g/mol. The predicted octanol–water partition coefficient (Wildman–Crippen LogP) is 5.26. The lowest BCUT2D eigenvalue weighted by Gasteiger charge is -2.16. The van der Waals surface area contributed by atoms with Crippen LogP contribution in [0.25, 0.3) is 0 Å². The summed E-state index contributed by atoms with van der Waals surface area (Å²) < 4.78 is 7.72. The van der Waals surface area contributed by atoms with E-state index in [2.05, 4.69) is 56.2 Å². The molecule has 0 fully saturated rings. The highest BCUT2D eigenvalue weighted by molar-refractivity contribution is 9.12. The van der Waals surface area contributed by atoms with Crippen LogP contribution in [0.1, 0.15) is 36.3 Å². The zero-order valence-electron chi connectivity index (χ0n) is 10.3. The molecule has 1 N–H and O–H groups in total. The molecule has 2 aromatic rings. The van der Waals surface area contributed by atoms with Gasteiger partial charge < -0.3 is 9.73 Å². The average Bonchev–Trinajstić information content (AvgIpc) is 2.87. The number of aryl methyl sites for hydroxylation is 1. The topological polar surface area (TPSA) is 25.2 Å². The van der Waals surface area contributed by atoms with E-state index in [1.54, 1.807) is 11.3 Å². The first-order valence-corrected chi connectivity index (χ1v) is 8.25. The zero-order valence-corrected chi connectivity index (χ0v) is 14.3. The fourth-order valence-corrected chi connectivity index (χ4v) is 4.76. The van der Waals surface area contributed by atoms with Gasteiger partial charge in [-0.1, -0.05) is 6.92 Å². The molecule has 0 saturated carbocycles. The summed E-state index contributed by atoms with van der Waals surface area (Å²) >= 11 is 8.86. The summed E-state index contributed by atoms with van der Waals surface area (Å²) in [6.45, 7) is 5.12. The molecule has 5 heteroatoms. The van der Waals surface area contributed by atoms with Gasteiger partial charge in [-0.3, -0.25) is 0 Å². The second-order valence-corrected chi connectivity index (χ2v) is 7.91. The van der Waals surface area contributed by atoms with Crippen LogP contribution in [0.3, 0.4) is 0 Å². The fraction of sp³-hybridized carbons (Fsp3) is 0.385. The molecule has 2 aromatic heterocycles. The Kier molecular flexibility index (Phi) is 5.06. The molecule has 0 aromatic carbocycles. The Labute approximate surface area is 128 Å². The van der Waals surface area contributed by atoms with Crippen molar-refractivity contribution in [3.8, 4) is 0 Å². The van der Waals surface area contributed by atoms with Crippen LogP contribution in [0.15, 0.2) is 30.4 Å². The maximum Gasteiger partial charge on any atom is 0.101 e. The Morgan fingerprint density at radius 3 is 2.67 bits per heavy atom. The Morgan fingerprint density at radius 2 is 2.17 bits per heavy atom. The lowest BCUT2D eigenvalue weighted by atomic mass is 10.0. The third kappa shape index (κ3) is 3.26. The molecule has 0 saturated heterocycles. The van der Waals surface area contributed by atoms with Gasteiger partial charge in [-0.05, 0) is 69.4 Å². The van der Waals surface area contributed by atoms with Crippen LogP contribution in [-0.2, 0) is 0 Å². The normalized spacial score (nSPS) is 12.9. The predicted molar refractivity (Wildman–Crippen MR) is 83.3 cm³/mol. The number of thiophene rings is 1. The average molecular weight is 393 g/mol. The Hall–Kier alpha value is -0.100. The van der Waals surface area contributed by atoms with E-state index >= 15 is 0 Å². The maximum atomic E-state index is 5.43. The number of hydrogen-bond donors (Lipinski definition) is 1. The van der Waals surface area contributed by atoms with Crippen molar-refractivity contribution in [1.82, 2.24) is 5.32 Å². The molecule has 98 valence electrons. The second-order valence-electron chi connectivity index (χ2n) is 4.16. The molecule has 0 bridgehead atoms. The summed E-state index contributed by atoms with van der Waals surface area (Å²) in [7, 11) is 0. The van der Waals surface area contributed by atoms with E-state index in [1.165, 1.54) is 11.1 Å². The van der Waals surface area contributed by atoms with Crippen molar-refractivity contribution in [2.24, 2.45) is 0 Å². The van der Waals surface area contributed by atoms with Crippen molar-refractivity contribution in [2.75, 3.05) is 6.54 Å². The van der Waals surface area contributed by atoms with Gasteiger partial charge in [0.05, 0.1) is 19.9 Å². The van der Waals surface area contributed by atoms with Crippen molar-refractivity contribution < 1.29 is 4.42 Å². The molecule has 0 aliphatic heterocycles. The lowest BCUT2D eigenvalue weighted by molar-refractivity contribution is 0.523. The standard InChI is InChI=1S/C13H15Br2NOS/c1-3-4-16-12(9-5-8(2)17-7-9)10-6-11(14)18-13(10)15/h5-7,12,16H,3-4H2,1-2H3. The minimum atomic E-state index is 0.180. The molecule has 18 heavy (non-hydrogen) atoms. The van der Waals surface area contributed by atoms with Crippen LogP contribution in [0.2, 0.25) is 0 Å². The molecule has 1 atom stereocenters. The van der Waals surface area contributed by atoms with Crippen molar-refractivity contribution in [3.05, 3.63) is 42.9 Å². The lowest BCUT2D eigenvalue weighted by Crippen LogP contribution is -2.22. The summed E-state index contributed by atoms with van der Waals surface area (Å²) in [5.41, 5.74) is 2.42. The molecule has 2 nitrogen and oxygen atoms in total. The van der Waals surface area contributed by atoms with Gasteiger partial charge >= 0.3 is 0 Å². The quantitative estimate of drug-likeness (QED) is 0.750. The first-order chi connectivity index (χ1) is 8.61. The van der Waals surface area contributed by atoms with E-state index in [0.717, 1.165) is 26.3 Å². The third-order valence-corrected chi connectivity index (χ3v) is 5.06. The van der Waals surface area contributed by atoms with E-state index in [4.69, 9.17) is 4.42 Å². The minimum absolute atomic E-state index is 0.180. The molecular formula is C13H15Br2NOS. The zero-order chi connectivity index (χ0) is 13.1. The van der Waals surface area contributed by atoms with Crippen LogP contribution in [0.5, 0.6) is 0 Å². The van der Waals surface area contributed by atoms with Gasteiger partial charge in [-0.15, -0.1) is 11.3 Å². The van der Waals surface area contributed by atoms with Gasteiger partial charge in [-0.2, -0.15) is 0 Å². The third-order valence-electron chi connectivity index (χ3n) is 2.68. The summed E-state index contributed by atoms with van der Waals surface area (Å²) in [5.74, 6) is 0.943. The number of halogens is 2. The van der Waals surface area contributed by atoms with Crippen LogP contribution >= 0.6 is 43.2 Å². The highest BCUT2D eigenvalue weighted by atomic mass is 79.9. The van der Waals surface area contributed by atoms with Crippen molar-refractivity contribution in [3.63, 3.8) is 0 Å². The summed E-state index contributed by atoms with van der Waals surface area (Å²) in [6, 6.07) is 4.43. The van der Waals surface area contributed by atoms with Crippen LogP contribution < -0.4 is 5.32 Å². The summed E-state index contributed by atoms with van der Waals surface area (Å²) in [4.78, 5) is 0. The van der Waals surface area contributed by atoms with E-state index in [0.29, 0.717) is 0 Å². The van der Waals surface area contributed by atoms with E-state index < -0.39 is 0 Å². The molecule has 0 aliphatic carbocycles. The molecule has 2 rings (SSSR count). The Balaban J connectivity index is 2.33. The van der Waals surface area contributed by atoms with E-state index in [9.17, 15) is 0 Å². The minimum Gasteiger partial charge on any atom is -0.469 e. The van der Waals surface area contributed by atoms with Gasteiger partial charge in [0.25, 0.3) is 0 Å². The Bertz CT molecular complexity index is 521. The monoisotopic (exact) mass is 391 g/mol. The molecule has 0 aliphatic rings. The largest absolute Gasteiger partial charge is 0.469 e. The van der Waals surface area contributed by atoms with Gasteiger partial charge in [0.15, 0.2) is 0 Å². The van der Waals surface area contributed by atoms with Gasteiger partial charge in [0.2, 0.25) is 0 Å². The number of rotatable bonds is 5. The van der Waals surface area contributed by atoms with Gasteiger partial charge in [0.1, 0.15) is 5.76 Å². The van der Waals surface area contributed by atoms with Crippen LogP contribution in [0, 0.1) is 6.92 Å². The first-order valence-electron chi connectivity index (χ1n) is 5.85. The second kappa shape index (κ2) is 6.37. The molecule has 2 heterocycles. The van der Waals surface area contributed by atoms with Crippen molar-refractivity contribution >= 4 is 43.2 Å². The van der Waals surface area contributed by atoms with Crippen LogP contribution in [0.4, 0.5) is 0 Å². The first kappa shape index (κ1) is 14.3. The maximum absolute atomic E-state index is 5.43. The fourth-order valence-electron chi connectivity index (χ4n) is 1.86. The molecule has 0 spiro atoms. The van der Waals surface area contributed by atoms with E-state index in [-0.39, 0.29) is 6.04 Å². The SMILES string of the molecule is CCCNC(c1coc(C)c1)c1cc(Br)sc1Br. The van der Waals surface area contributed by atoms with Crippen molar-refractivity contribution in [2.45, 2.75) is 26.3 Å². The highest BCUT2D eigenvalue weighted by Gasteiger charge is 2.20. The number of furan rings is 1. The van der Waals surface area contributed by atoms with Gasteiger partial charge in [-0.25, -0.2) is 0 Å². The number of nitrogens with one attached hydrogen (secondary N) is 1. The van der Waals surface area contributed by atoms with Crippen LogP contribution in [-0.4, -0.2) is 6.54 Å². The van der Waals surface area contributed by atoms with Crippen molar-refractivity contribution in [1.29, 1.82) is 0 Å². The smallest absolute Gasteiger partial charge is 0.101 e.